The zero-order chi connectivity index (χ0) is 23.0. The number of rotatable bonds is 4. The van der Waals surface area contributed by atoms with Crippen molar-refractivity contribution < 1.29 is 14.3 Å². The van der Waals surface area contributed by atoms with E-state index in [0.717, 1.165) is 16.7 Å². The van der Waals surface area contributed by atoms with Crippen LogP contribution in [0.15, 0.2) is 85.5 Å². The lowest BCUT2D eigenvalue weighted by atomic mass is 10.1. The van der Waals surface area contributed by atoms with Crippen LogP contribution in [0.4, 0.5) is 5.82 Å². The molecule has 3 aromatic heterocycles. The number of aromatic nitrogens is 3. The highest BCUT2D eigenvalue weighted by molar-refractivity contribution is 6.04. The molecule has 0 aliphatic rings. The molecular formula is C26H18N4O3. The van der Waals surface area contributed by atoms with Crippen LogP contribution in [0.5, 0.6) is 0 Å². The Hall–Kier alpha value is -4.83. The van der Waals surface area contributed by atoms with Gasteiger partial charge < -0.3 is 10.1 Å². The maximum absolute atomic E-state index is 12.5. The molecule has 160 valence electrons. The summed E-state index contributed by atoms with van der Waals surface area (Å²) in [5, 5.41) is 2.71. The maximum Gasteiger partial charge on any atom is 0.338 e. The lowest BCUT2D eigenvalue weighted by molar-refractivity contribution is 0.0600. The van der Waals surface area contributed by atoms with Gasteiger partial charge in [0, 0.05) is 41.5 Å². The van der Waals surface area contributed by atoms with Gasteiger partial charge in [0.25, 0.3) is 5.91 Å². The number of benzene rings is 1. The Bertz CT molecular complexity index is 1340. The third kappa shape index (κ3) is 5.46. The van der Waals surface area contributed by atoms with Crippen molar-refractivity contribution in [3.05, 3.63) is 108 Å². The topological polar surface area (TPSA) is 94.1 Å². The summed E-state index contributed by atoms with van der Waals surface area (Å²) in [6.45, 7) is 0. The summed E-state index contributed by atoms with van der Waals surface area (Å²) >= 11 is 0. The number of carbonyl (C=O) groups is 2. The zero-order valence-electron chi connectivity index (χ0n) is 17.6. The summed E-state index contributed by atoms with van der Waals surface area (Å²) in [6.07, 6.45) is 6.43. The second-order valence-electron chi connectivity index (χ2n) is 6.88. The van der Waals surface area contributed by atoms with Gasteiger partial charge in [0.05, 0.1) is 23.9 Å². The molecule has 7 heteroatoms. The molecule has 4 rings (SSSR count). The lowest BCUT2D eigenvalue weighted by Crippen LogP contribution is -2.14. The molecule has 0 bridgehead atoms. The number of hydrogen-bond acceptors (Lipinski definition) is 6. The fraction of sp³-hybridized carbons (Fsp3) is 0.0385. The van der Waals surface area contributed by atoms with Crippen molar-refractivity contribution in [2.24, 2.45) is 0 Å². The minimum absolute atomic E-state index is 0.224. The van der Waals surface area contributed by atoms with E-state index < -0.39 is 5.97 Å². The van der Waals surface area contributed by atoms with E-state index in [1.807, 2.05) is 36.4 Å². The smallest absolute Gasteiger partial charge is 0.338 e. The van der Waals surface area contributed by atoms with Crippen molar-refractivity contribution in [3.8, 4) is 23.1 Å². The Balaban J connectivity index is 1.62. The first kappa shape index (κ1) is 21.4. The molecule has 1 N–H and O–H groups in total. The largest absolute Gasteiger partial charge is 0.465 e. The summed E-state index contributed by atoms with van der Waals surface area (Å²) in [5.41, 5.74) is 3.54. The third-order valence-electron chi connectivity index (χ3n) is 4.61. The van der Waals surface area contributed by atoms with Gasteiger partial charge in [-0.2, -0.15) is 0 Å². The van der Waals surface area contributed by atoms with Crippen LogP contribution < -0.4 is 5.32 Å². The molecule has 0 aliphatic carbocycles. The number of carbonyl (C=O) groups excluding carboxylic acids is 2. The monoisotopic (exact) mass is 434 g/mol. The first-order valence-electron chi connectivity index (χ1n) is 9.96. The minimum atomic E-state index is -0.533. The molecule has 3 heterocycles. The van der Waals surface area contributed by atoms with Gasteiger partial charge in [-0.3, -0.25) is 14.8 Å². The first-order chi connectivity index (χ1) is 16.1. The average molecular weight is 434 g/mol. The molecule has 0 aliphatic heterocycles. The van der Waals surface area contributed by atoms with Gasteiger partial charge in [0.1, 0.15) is 5.82 Å². The number of nitrogens with one attached hydrogen (secondary N) is 1. The number of amides is 1. The van der Waals surface area contributed by atoms with Crippen LogP contribution >= 0.6 is 0 Å². The van der Waals surface area contributed by atoms with E-state index >= 15 is 0 Å². The van der Waals surface area contributed by atoms with Gasteiger partial charge in [-0.15, -0.1) is 0 Å². The number of hydrogen-bond donors (Lipinski definition) is 1. The van der Waals surface area contributed by atoms with Gasteiger partial charge in [-0.25, -0.2) is 9.78 Å². The highest BCUT2D eigenvalue weighted by Gasteiger charge is 2.14. The van der Waals surface area contributed by atoms with Crippen LogP contribution in [-0.4, -0.2) is 33.9 Å². The predicted molar refractivity (Wildman–Crippen MR) is 123 cm³/mol. The Kier molecular flexibility index (Phi) is 6.48. The van der Waals surface area contributed by atoms with Gasteiger partial charge in [0.15, 0.2) is 0 Å². The molecule has 0 saturated heterocycles. The number of methoxy groups -OCH3 is 1. The molecular weight excluding hydrogens is 416 g/mol. The predicted octanol–water partition coefficient (Wildman–Crippen LogP) is 3.98. The summed E-state index contributed by atoms with van der Waals surface area (Å²) in [6, 6.07) is 17.5. The van der Waals surface area contributed by atoms with E-state index in [0.29, 0.717) is 11.3 Å². The van der Waals surface area contributed by atoms with Crippen molar-refractivity contribution in [1.29, 1.82) is 0 Å². The zero-order valence-corrected chi connectivity index (χ0v) is 17.6. The molecule has 1 aromatic carbocycles. The normalized spacial score (nSPS) is 9.97. The van der Waals surface area contributed by atoms with Gasteiger partial charge in [-0.05, 0) is 48.5 Å². The van der Waals surface area contributed by atoms with Crippen LogP contribution in [0.25, 0.3) is 11.3 Å². The molecule has 4 aromatic rings. The Morgan fingerprint density at radius 2 is 1.58 bits per heavy atom. The number of nitrogens with zero attached hydrogens (tertiary/aromatic N) is 3. The van der Waals surface area contributed by atoms with Crippen LogP contribution in [0, 0.1) is 11.8 Å². The Morgan fingerprint density at radius 1 is 0.848 bits per heavy atom. The van der Waals surface area contributed by atoms with Crippen molar-refractivity contribution in [1.82, 2.24) is 15.0 Å². The Labute approximate surface area is 190 Å². The number of pyridine rings is 3. The number of anilines is 1. The highest BCUT2D eigenvalue weighted by Crippen LogP contribution is 2.23. The fourth-order valence-corrected chi connectivity index (χ4v) is 2.97. The molecule has 1 amide bonds. The molecule has 33 heavy (non-hydrogen) atoms. The first-order valence-corrected chi connectivity index (χ1v) is 9.96. The fourth-order valence-electron chi connectivity index (χ4n) is 2.97. The van der Waals surface area contributed by atoms with Crippen molar-refractivity contribution in [3.63, 3.8) is 0 Å². The molecule has 0 fully saturated rings. The van der Waals surface area contributed by atoms with Gasteiger partial charge >= 0.3 is 5.97 Å². The van der Waals surface area contributed by atoms with E-state index in [1.54, 1.807) is 36.8 Å². The van der Waals surface area contributed by atoms with E-state index in [9.17, 15) is 9.59 Å². The average Bonchev–Trinajstić information content (AvgIpc) is 2.88. The SMILES string of the molecule is COC(=O)c1cc(NC(=O)c2cccnc2)nc(-c2ccc(C#Cc3cccnc3)cc2)c1. The molecule has 7 nitrogen and oxygen atoms in total. The van der Waals surface area contributed by atoms with E-state index in [4.69, 9.17) is 4.74 Å². The summed E-state index contributed by atoms with van der Waals surface area (Å²) in [7, 11) is 1.30. The van der Waals surface area contributed by atoms with E-state index in [1.165, 1.54) is 19.4 Å². The van der Waals surface area contributed by atoms with Crippen LogP contribution in [0.3, 0.4) is 0 Å². The van der Waals surface area contributed by atoms with Crippen LogP contribution in [0.2, 0.25) is 0 Å². The highest BCUT2D eigenvalue weighted by atomic mass is 16.5. The quantitative estimate of drug-likeness (QED) is 0.386. The Morgan fingerprint density at radius 3 is 2.24 bits per heavy atom. The summed E-state index contributed by atoms with van der Waals surface area (Å²) in [5.74, 6) is 5.45. The van der Waals surface area contributed by atoms with Gasteiger partial charge in [0.2, 0.25) is 0 Å². The summed E-state index contributed by atoms with van der Waals surface area (Å²) < 4.78 is 4.85. The minimum Gasteiger partial charge on any atom is -0.465 e. The van der Waals surface area contributed by atoms with Crippen LogP contribution in [0.1, 0.15) is 31.8 Å². The summed E-state index contributed by atoms with van der Waals surface area (Å²) in [4.78, 5) is 37.2. The number of esters is 1. The second-order valence-corrected chi connectivity index (χ2v) is 6.88. The third-order valence-corrected chi connectivity index (χ3v) is 4.61. The van der Waals surface area contributed by atoms with E-state index in [-0.39, 0.29) is 17.3 Å². The molecule has 0 spiro atoms. The second kappa shape index (κ2) is 9.98. The van der Waals surface area contributed by atoms with Crippen molar-refractivity contribution >= 4 is 17.7 Å². The maximum atomic E-state index is 12.5. The standard InChI is InChI=1S/C26H18N4O3/c1-33-26(32)22-14-23(29-24(15-22)30-25(31)21-5-3-13-28-17-21)20-10-8-18(9-11-20)6-7-19-4-2-12-27-16-19/h2-5,8-17H,1H3,(H,29,30,31). The molecule has 0 saturated carbocycles. The molecule has 0 radical (unpaired) electrons. The van der Waals surface area contributed by atoms with E-state index in [2.05, 4.69) is 32.1 Å². The molecule has 0 unspecified atom stereocenters. The van der Waals surface area contributed by atoms with Crippen molar-refractivity contribution in [2.45, 2.75) is 0 Å². The van der Waals surface area contributed by atoms with Crippen molar-refractivity contribution in [2.75, 3.05) is 12.4 Å². The lowest BCUT2D eigenvalue weighted by Gasteiger charge is -2.10. The van der Waals surface area contributed by atoms with Crippen LogP contribution in [-0.2, 0) is 4.74 Å². The van der Waals surface area contributed by atoms with Gasteiger partial charge in [-0.1, -0.05) is 24.0 Å². The molecule has 0 atom stereocenters. The number of ether oxygens (including phenoxy) is 1.